The number of ether oxygens (including phenoxy) is 1. The average Bonchev–Trinajstić information content (AvgIpc) is 2.94. The number of halogens is 1. The molecule has 1 amide bonds. The van der Waals surface area contributed by atoms with Gasteiger partial charge in [-0.2, -0.15) is 5.10 Å². The number of carbonyl (C=O) groups is 1. The van der Waals surface area contributed by atoms with Crippen molar-refractivity contribution in [3.63, 3.8) is 0 Å². The number of nitrogens with one attached hydrogen (secondary N) is 1. The van der Waals surface area contributed by atoms with Crippen LogP contribution in [0.15, 0.2) is 45.9 Å². The standard InChI is InChI=1S/C13H10ClN3O5/c14-9-2-1-3-10(6-9)21-8-12(18)16-15-7-11-4-5-13(22-11)17(19)20/h1-7H,8H2,(H,16,18). The highest BCUT2D eigenvalue weighted by atomic mass is 35.5. The van der Waals surface area contributed by atoms with Gasteiger partial charge in [0, 0.05) is 5.02 Å². The molecule has 0 spiro atoms. The summed E-state index contributed by atoms with van der Waals surface area (Å²) in [5, 5.41) is 14.5. The summed E-state index contributed by atoms with van der Waals surface area (Å²) < 4.78 is 10.0. The first-order valence-corrected chi connectivity index (χ1v) is 6.37. The lowest BCUT2D eigenvalue weighted by Crippen LogP contribution is -2.24. The van der Waals surface area contributed by atoms with E-state index in [-0.39, 0.29) is 12.4 Å². The molecule has 1 aromatic heterocycles. The fourth-order valence-corrected chi connectivity index (χ4v) is 1.60. The molecule has 2 rings (SSSR count). The van der Waals surface area contributed by atoms with Gasteiger partial charge in [0.25, 0.3) is 5.91 Å². The van der Waals surface area contributed by atoms with Crippen molar-refractivity contribution in [1.82, 2.24) is 5.43 Å². The van der Waals surface area contributed by atoms with E-state index in [9.17, 15) is 14.9 Å². The van der Waals surface area contributed by atoms with Gasteiger partial charge in [-0.25, -0.2) is 5.43 Å². The molecule has 0 saturated heterocycles. The minimum atomic E-state index is -0.672. The summed E-state index contributed by atoms with van der Waals surface area (Å²) in [6.07, 6.45) is 1.14. The van der Waals surface area contributed by atoms with Gasteiger partial charge >= 0.3 is 5.88 Å². The number of nitrogens with zero attached hydrogens (tertiary/aromatic N) is 2. The van der Waals surface area contributed by atoms with E-state index in [1.807, 2.05) is 0 Å². The predicted octanol–water partition coefficient (Wildman–Crippen LogP) is 2.37. The third-order valence-corrected chi connectivity index (χ3v) is 2.57. The van der Waals surface area contributed by atoms with Crippen LogP contribution < -0.4 is 10.2 Å². The van der Waals surface area contributed by atoms with Crippen molar-refractivity contribution in [2.75, 3.05) is 6.61 Å². The first-order chi connectivity index (χ1) is 10.5. The first-order valence-electron chi connectivity index (χ1n) is 5.99. The van der Waals surface area contributed by atoms with Gasteiger partial charge in [-0.15, -0.1) is 0 Å². The molecule has 0 aliphatic heterocycles. The number of hydrogen-bond acceptors (Lipinski definition) is 6. The van der Waals surface area contributed by atoms with Crippen molar-refractivity contribution in [3.8, 4) is 5.75 Å². The quantitative estimate of drug-likeness (QED) is 0.499. The molecule has 22 heavy (non-hydrogen) atoms. The molecule has 1 heterocycles. The van der Waals surface area contributed by atoms with Gasteiger partial charge in [0.1, 0.15) is 10.7 Å². The van der Waals surface area contributed by atoms with E-state index in [2.05, 4.69) is 10.5 Å². The number of hydrogen-bond donors (Lipinski definition) is 1. The van der Waals surface area contributed by atoms with E-state index >= 15 is 0 Å². The van der Waals surface area contributed by atoms with Crippen molar-refractivity contribution in [2.45, 2.75) is 0 Å². The van der Waals surface area contributed by atoms with Crippen LogP contribution in [0.3, 0.4) is 0 Å². The molecule has 0 bridgehead atoms. The molecule has 0 aliphatic rings. The molecule has 0 saturated carbocycles. The molecule has 0 unspecified atom stereocenters. The molecule has 114 valence electrons. The number of amides is 1. The molecular weight excluding hydrogens is 314 g/mol. The Morgan fingerprint density at radius 1 is 1.45 bits per heavy atom. The Labute approximate surface area is 129 Å². The maximum Gasteiger partial charge on any atom is 0.433 e. The Balaban J connectivity index is 1.79. The topological polar surface area (TPSA) is 107 Å². The summed E-state index contributed by atoms with van der Waals surface area (Å²) in [5.74, 6) is -0.314. The number of carbonyl (C=O) groups excluding carboxylic acids is 1. The summed E-state index contributed by atoms with van der Waals surface area (Å²) in [5.41, 5.74) is 2.20. The smallest absolute Gasteiger partial charge is 0.433 e. The molecule has 1 N–H and O–H groups in total. The highest BCUT2D eigenvalue weighted by molar-refractivity contribution is 6.30. The first kappa shape index (κ1) is 15.5. The van der Waals surface area contributed by atoms with Gasteiger partial charge in [0.05, 0.1) is 12.3 Å². The van der Waals surface area contributed by atoms with Crippen LogP contribution in [0.4, 0.5) is 5.88 Å². The summed E-state index contributed by atoms with van der Waals surface area (Å²) in [6, 6.07) is 9.14. The Morgan fingerprint density at radius 2 is 2.27 bits per heavy atom. The lowest BCUT2D eigenvalue weighted by molar-refractivity contribution is -0.402. The van der Waals surface area contributed by atoms with Gasteiger partial charge in [-0.1, -0.05) is 17.7 Å². The molecule has 1 aromatic carbocycles. The fourth-order valence-electron chi connectivity index (χ4n) is 1.42. The largest absolute Gasteiger partial charge is 0.484 e. The van der Waals surface area contributed by atoms with Crippen LogP contribution in [0, 0.1) is 10.1 Å². The summed E-state index contributed by atoms with van der Waals surface area (Å²) in [7, 11) is 0. The number of benzene rings is 1. The van der Waals surface area contributed by atoms with Gasteiger partial charge in [0.2, 0.25) is 0 Å². The van der Waals surface area contributed by atoms with Crippen molar-refractivity contribution in [3.05, 3.63) is 57.3 Å². The minimum Gasteiger partial charge on any atom is -0.484 e. The van der Waals surface area contributed by atoms with E-state index < -0.39 is 16.7 Å². The second-order valence-electron chi connectivity index (χ2n) is 3.97. The van der Waals surface area contributed by atoms with Gasteiger partial charge < -0.3 is 9.15 Å². The summed E-state index contributed by atoms with van der Waals surface area (Å²) >= 11 is 5.77. The Kier molecular flexibility index (Phi) is 5.10. The third-order valence-electron chi connectivity index (χ3n) is 2.34. The van der Waals surface area contributed by atoms with Gasteiger partial charge in [-0.05, 0) is 24.3 Å². The normalized spacial score (nSPS) is 10.6. The van der Waals surface area contributed by atoms with E-state index in [0.717, 1.165) is 6.21 Å². The average molecular weight is 324 g/mol. The second kappa shape index (κ2) is 7.23. The van der Waals surface area contributed by atoms with Crippen LogP contribution in [-0.2, 0) is 4.79 Å². The monoisotopic (exact) mass is 323 g/mol. The van der Waals surface area contributed by atoms with Crippen LogP contribution in [0.5, 0.6) is 5.75 Å². The van der Waals surface area contributed by atoms with Crippen molar-refractivity contribution >= 4 is 29.6 Å². The molecule has 8 nitrogen and oxygen atoms in total. The van der Waals surface area contributed by atoms with Crippen LogP contribution in [0.25, 0.3) is 0 Å². The predicted molar refractivity (Wildman–Crippen MR) is 78.0 cm³/mol. The van der Waals surface area contributed by atoms with Crippen molar-refractivity contribution < 1.29 is 18.9 Å². The number of rotatable bonds is 6. The maximum absolute atomic E-state index is 11.5. The van der Waals surface area contributed by atoms with E-state index in [4.69, 9.17) is 20.8 Å². The minimum absolute atomic E-state index is 0.141. The Hall–Kier alpha value is -2.87. The summed E-state index contributed by atoms with van der Waals surface area (Å²) in [4.78, 5) is 21.2. The molecule has 0 aliphatic carbocycles. The van der Waals surface area contributed by atoms with Crippen LogP contribution in [0.2, 0.25) is 5.02 Å². The zero-order valence-electron chi connectivity index (χ0n) is 11.1. The second-order valence-corrected chi connectivity index (χ2v) is 4.41. The Bertz CT molecular complexity index is 713. The van der Waals surface area contributed by atoms with Crippen molar-refractivity contribution in [1.29, 1.82) is 0 Å². The van der Waals surface area contributed by atoms with Crippen LogP contribution in [-0.4, -0.2) is 23.7 Å². The number of nitro groups is 1. The van der Waals surface area contributed by atoms with Crippen LogP contribution in [0.1, 0.15) is 5.76 Å². The Morgan fingerprint density at radius 3 is 2.95 bits per heavy atom. The number of hydrazone groups is 1. The molecule has 0 radical (unpaired) electrons. The highest BCUT2D eigenvalue weighted by Gasteiger charge is 2.10. The summed E-state index contributed by atoms with van der Waals surface area (Å²) in [6.45, 7) is -0.254. The third kappa shape index (κ3) is 4.60. The lowest BCUT2D eigenvalue weighted by atomic mass is 10.3. The van der Waals surface area contributed by atoms with Gasteiger partial charge in [-0.3, -0.25) is 14.9 Å². The fraction of sp³-hybridized carbons (Fsp3) is 0.0769. The molecule has 0 atom stereocenters. The van der Waals surface area contributed by atoms with Gasteiger partial charge in [0.15, 0.2) is 12.4 Å². The lowest BCUT2D eigenvalue weighted by Gasteiger charge is -2.04. The SMILES string of the molecule is O=C(COc1cccc(Cl)c1)NN=Cc1ccc([N+](=O)[O-])o1. The maximum atomic E-state index is 11.5. The van der Waals surface area contributed by atoms with E-state index in [1.54, 1.807) is 24.3 Å². The van der Waals surface area contributed by atoms with E-state index in [0.29, 0.717) is 10.8 Å². The van der Waals surface area contributed by atoms with Crippen molar-refractivity contribution in [2.24, 2.45) is 5.10 Å². The highest BCUT2D eigenvalue weighted by Crippen LogP contribution is 2.16. The molecular formula is C13H10ClN3O5. The molecule has 2 aromatic rings. The number of furan rings is 1. The zero-order valence-corrected chi connectivity index (χ0v) is 11.8. The molecule has 9 heteroatoms. The van der Waals surface area contributed by atoms with Crippen LogP contribution >= 0.6 is 11.6 Å². The molecule has 0 fully saturated rings. The van der Waals surface area contributed by atoms with E-state index in [1.165, 1.54) is 12.1 Å². The zero-order chi connectivity index (χ0) is 15.9.